The van der Waals surface area contributed by atoms with E-state index in [2.05, 4.69) is 5.32 Å². The SMILES string of the molecule is CC(C)(C)CC(=O)NCC(N)c1ccccc1.Cl. The van der Waals surface area contributed by atoms with E-state index in [1.807, 2.05) is 51.1 Å². The zero-order chi connectivity index (χ0) is 12.9. The first-order valence-electron chi connectivity index (χ1n) is 5.96. The molecule has 0 aromatic heterocycles. The van der Waals surface area contributed by atoms with Gasteiger partial charge in [-0.2, -0.15) is 0 Å². The summed E-state index contributed by atoms with van der Waals surface area (Å²) < 4.78 is 0. The summed E-state index contributed by atoms with van der Waals surface area (Å²) in [6, 6.07) is 9.66. The molecular weight excluding hydrogens is 248 g/mol. The number of nitrogens with two attached hydrogens (primary N) is 1. The minimum atomic E-state index is -0.139. The highest BCUT2D eigenvalue weighted by atomic mass is 35.5. The summed E-state index contributed by atoms with van der Waals surface area (Å²) in [7, 11) is 0. The third-order valence-corrected chi connectivity index (χ3v) is 2.44. The molecule has 1 aromatic rings. The summed E-state index contributed by atoms with van der Waals surface area (Å²) in [6.45, 7) is 6.62. The molecule has 3 nitrogen and oxygen atoms in total. The van der Waals surface area contributed by atoms with Crippen molar-refractivity contribution in [1.29, 1.82) is 0 Å². The van der Waals surface area contributed by atoms with Crippen LogP contribution in [0.5, 0.6) is 0 Å². The Balaban J connectivity index is 0.00000289. The number of carbonyl (C=O) groups excluding carboxylic acids is 1. The van der Waals surface area contributed by atoms with Gasteiger partial charge in [-0.15, -0.1) is 12.4 Å². The predicted molar refractivity (Wildman–Crippen MR) is 77.7 cm³/mol. The van der Waals surface area contributed by atoms with Crippen molar-refractivity contribution in [3.63, 3.8) is 0 Å². The normalized spacial score (nSPS) is 12.4. The highest BCUT2D eigenvalue weighted by Gasteiger charge is 2.16. The maximum Gasteiger partial charge on any atom is 0.220 e. The molecule has 0 radical (unpaired) electrons. The van der Waals surface area contributed by atoms with Gasteiger partial charge in [0.2, 0.25) is 5.91 Å². The van der Waals surface area contributed by atoms with Crippen LogP contribution in [0, 0.1) is 5.41 Å². The lowest BCUT2D eigenvalue weighted by Crippen LogP contribution is -2.33. The molecule has 1 unspecified atom stereocenters. The van der Waals surface area contributed by atoms with Gasteiger partial charge in [0.05, 0.1) is 0 Å². The van der Waals surface area contributed by atoms with E-state index in [0.29, 0.717) is 13.0 Å². The maximum atomic E-state index is 11.6. The van der Waals surface area contributed by atoms with E-state index in [4.69, 9.17) is 5.73 Å². The largest absolute Gasteiger partial charge is 0.354 e. The van der Waals surface area contributed by atoms with E-state index in [1.165, 1.54) is 0 Å². The van der Waals surface area contributed by atoms with Gasteiger partial charge in [-0.1, -0.05) is 51.1 Å². The Kier molecular flexibility index (Phi) is 6.96. The number of hydrogen-bond donors (Lipinski definition) is 2. The molecule has 0 aliphatic rings. The Labute approximate surface area is 116 Å². The highest BCUT2D eigenvalue weighted by Crippen LogP contribution is 2.18. The Morgan fingerprint density at radius 2 is 1.83 bits per heavy atom. The van der Waals surface area contributed by atoms with E-state index in [-0.39, 0.29) is 29.8 Å². The molecular formula is C14H23ClN2O. The molecule has 18 heavy (non-hydrogen) atoms. The maximum absolute atomic E-state index is 11.6. The van der Waals surface area contributed by atoms with Crippen LogP contribution in [0.3, 0.4) is 0 Å². The lowest BCUT2D eigenvalue weighted by atomic mass is 9.92. The Morgan fingerprint density at radius 3 is 2.33 bits per heavy atom. The van der Waals surface area contributed by atoms with Crippen LogP contribution in [0.4, 0.5) is 0 Å². The Hall–Kier alpha value is -1.06. The van der Waals surface area contributed by atoms with Gasteiger partial charge in [0.15, 0.2) is 0 Å². The molecule has 0 bridgehead atoms. The number of hydrogen-bond acceptors (Lipinski definition) is 2. The quantitative estimate of drug-likeness (QED) is 0.884. The van der Waals surface area contributed by atoms with Crippen LogP contribution in [0.15, 0.2) is 30.3 Å². The van der Waals surface area contributed by atoms with E-state index >= 15 is 0 Å². The van der Waals surface area contributed by atoms with Gasteiger partial charge in [-0.05, 0) is 11.0 Å². The van der Waals surface area contributed by atoms with Crippen molar-refractivity contribution in [3.05, 3.63) is 35.9 Å². The third kappa shape index (κ3) is 6.62. The minimum Gasteiger partial charge on any atom is -0.354 e. The summed E-state index contributed by atoms with van der Waals surface area (Å²) in [5.74, 6) is 0.0591. The molecule has 0 aliphatic heterocycles. The topological polar surface area (TPSA) is 55.1 Å². The molecule has 0 aliphatic carbocycles. The van der Waals surface area contributed by atoms with E-state index in [1.54, 1.807) is 0 Å². The fraction of sp³-hybridized carbons (Fsp3) is 0.500. The molecule has 1 amide bonds. The number of benzene rings is 1. The molecule has 0 saturated carbocycles. The monoisotopic (exact) mass is 270 g/mol. The summed E-state index contributed by atoms with van der Waals surface area (Å²) in [5.41, 5.74) is 7.05. The van der Waals surface area contributed by atoms with Gasteiger partial charge in [0, 0.05) is 19.0 Å². The van der Waals surface area contributed by atoms with Crippen molar-refractivity contribution in [3.8, 4) is 0 Å². The van der Waals surface area contributed by atoms with E-state index in [0.717, 1.165) is 5.56 Å². The zero-order valence-electron chi connectivity index (χ0n) is 11.3. The molecule has 0 heterocycles. The van der Waals surface area contributed by atoms with Crippen molar-refractivity contribution in [1.82, 2.24) is 5.32 Å². The number of rotatable bonds is 4. The lowest BCUT2D eigenvalue weighted by Gasteiger charge is -2.19. The molecule has 0 spiro atoms. The first-order chi connectivity index (χ1) is 7.88. The van der Waals surface area contributed by atoms with Gasteiger partial charge in [0.1, 0.15) is 0 Å². The van der Waals surface area contributed by atoms with Gasteiger partial charge in [-0.3, -0.25) is 4.79 Å². The minimum absolute atomic E-state index is 0. The lowest BCUT2D eigenvalue weighted by molar-refractivity contribution is -0.122. The molecule has 4 heteroatoms. The molecule has 0 fully saturated rings. The highest BCUT2D eigenvalue weighted by molar-refractivity contribution is 5.85. The molecule has 3 N–H and O–H groups in total. The number of carbonyl (C=O) groups is 1. The fourth-order valence-corrected chi connectivity index (χ4v) is 1.59. The molecule has 1 rings (SSSR count). The Morgan fingerprint density at radius 1 is 1.28 bits per heavy atom. The average Bonchev–Trinajstić information content (AvgIpc) is 2.25. The van der Waals surface area contributed by atoms with Gasteiger partial charge < -0.3 is 11.1 Å². The predicted octanol–water partition coefficient (Wildman–Crippen LogP) is 2.66. The van der Waals surface area contributed by atoms with Crippen LogP contribution in [-0.4, -0.2) is 12.5 Å². The first kappa shape index (κ1) is 16.9. The first-order valence-corrected chi connectivity index (χ1v) is 5.96. The van der Waals surface area contributed by atoms with Gasteiger partial charge >= 0.3 is 0 Å². The van der Waals surface area contributed by atoms with Crippen LogP contribution in [0.1, 0.15) is 38.8 Å². The summed E-state index contributed by atoms with van der Waals surface area (Å²) in [4.78, 5) is 11.6. The Bertz CT molecular complexity index is 360. The van der Waals surface area contributed by atoms with Crippen molar-refractivity contribution in [2.75, 3.05) is 6.54 Å². The number of halogens is 1. The summed E-state index contributed by atoms with van der Waals surface area (Å²) in [6.07, 6.45) is 0.522. The van der Waals surface area contributed by atoms with Crippen LogP contribution in [0.25, 0.3) is 0 Å². The molecule has 1 aromatic carbocycles. The van der Waals surface area contributed by atoms with Crippen LogP contribution in [-0.2, 0) is 4.79 Å². The van der Waals surface area contributed by atoms with E-state index < -0.39 is 0 Å². The third-order valence-electron chi connectivity index (χ3n) is 2.44. The van der Waals surface area contributed by atoms with Crippen LogP contribution >= 0.6 is 12.4 Å². The van der Waals surface area contributed by atoms with Gasteiger partial charge in [-0.25, -0.2) is 0 Å². The van der Waals surface area contributed by atoms with E-state index in [9.17, 15) is 4.79 Å². The van der Waals surface area contributed by atoms with Crippen molar-refractivity contribution in [2.24, 2.45) is 11.1 Å². The fourth-order valence-electron chi connectivity index (χ4n) is 1.59. The second-order valence-corrected chi connectivity index (χ2v) is 5.56. The molecule has 1 atom stereocenters. The second kappa shape index (κ2) is 7.39. The number of nitrogens with one attached hydrogen (secondary N) is 1. The van der Waals surface area contributed by atoms with Gasteiger partial charge in [0.25, 0.3) is 0 Å². The van der Waals surface area contributed by atoms with Crippen LogP contribution < -0.4 is 11.1 Å². The van der Waals surface area contributed by atoms with Crippen LogP contribution in [0.2, 0.25) is 0 Å². The van der Waals surface area contributed by atoms with Crippen molar-refractivity contribution >= 4 is 18.3 Å². The smallest absolute Gasteiger partial charge is 0.220 e. The van der Waals surface area contributed by atoms with Crippen molar-refractivity contribution in [2.45, 2.75) is 33.2 Å². The summed E-state index contributed by atoms with van der Waals surface area (Å²) in [5, 5.41) is 2.87. The average molecular weight is 271 g/mol. The second-order valence-electron chi connectivity index (χ2n) is 5.56. The van der Waals surface area contributed by atoms with Crippen molar-refractivity contribution < 1.29 is 4.79 Å². The molecule has 102 valence electrons. The number of amides is 1. The summed E-state index contributed by atoms with van der Waals surface area (Å²) >= 11 is 0. The standard InChI is InChI=1S/C14H22N2O.ClH/c1-14(2,3)9-13(17)16-10-12(15)11-7-5-4-6-8-11;/h4-8,12H,9-10,15H2,1-3H3,(H,16,17);1H. The zero-order valence-corrected chi connectivity index (χ0v) is 12.1. The molecule has 0 saturated heterocycles.